The lowest BCUT2D eigenvalue weighted by Gasteiger charge is -2.35. The minimum atomic E-state index is -4.61. The number of benzene rings is 2. The maximum Gasteiger partial charge on any atom is 0.416 e. The van der Waals surface area contributed by atoms with Gasteiger partial charge in [-0.15, -0.1) is 0 Å². The summed E-state index contributed by atoms with van der Waals surface area (Å²) in [6.45, 7) is 0.267. The van der Waals surface area contributed by atoms with Crippen LogP contribution in [-0.2, 0) is 22.2 Å². The molecule has 0 aliphatic carbocycles. The van der Waals surface area contributed by atoms with E-state index in [0.29, 0.717) is 23.5 Å². The second-order valence-electron chi connectivity index (χ2n) is 8.73. The molecule has 0 N–H and O–H groups in total. The van der Waals surface area contributed by atoms with Crippen molar-refractivity contribution in [3.63, 3.8) is 0 Å². The summed E-state index contributed by atoms with van der Waals surface area (Å²) >= 11 is 0. The van der Waals surface area contributed by atoms with E-state index in [1.165, 1.54) is 25.2 Å². The number of piperazine rings is 1. The molecule has 2 aromatic carbocycles. The van der Waals surface area contributed by atoms with Crippen molar-refractivity contribution in [2.24, 2.45) is 0 Å². The van der Waals surface area contributed by atoms with Crippen LogP contribution in [0.3, 0.4) is 0 Å². The van der Waals surface area contributed by atoms with E-state index >= 15 is 0 Å². The summed E-state index contributed by atoms with van der Waals surface area (Å²) in [6.07, 6.45) is -4.09. The Bertz CT molecular complexity index is 1220. The van der Waals surface area contributed by atoms with E-state index in [-0.39, 0.29) is 30.6 Å². The van der Waals surface area contributed by atoms with Gasteiger partial charge in [0.05, 0.1) is 44.0 Å². The summed E-state index contributed by atoms with van der Waals surface area (Å²) in [4.78, 5) is 43.3. The van der Waals surface area contributed by atoms with Crippen molar-refractivity contribution in [1.82, 2.24) is 9.80 Å². The van der Waals surface area contributed by atoms with Crippen LogP contribution >= 0.6 is 0 Å². The normalized spacial score (nSPS) is 23.2. The summed E-state index contributed by atoms with van der Waals surface area (Å²) in [5, 5.41) is 0. The second-order valence-corrected chi connectivity index (χ2v) is 8.73. The number of rotatable bonds is 5. The molecular weight excluding hydrogens is 467 g/mol. The highest BCUT2D eigenvalue weighted by Crippen LogP contribution is 2.43. The maximum absolute atomic E-state index is 13.2. The van der Waals surface area contributed by atoms with Crippen molar-refractivity contribution in [2.75, 3.05) is 25.7 Å². The van der Waals surface area contributed by atoms with E-state index in [0.717, 1.165) is 23.1 Å². The highest BCUT2D eigenvalue weighted by atomic mass is 19.4. The van der Waals surface area contributed by atoms with Gasteiger partial charge in [-0.25, -0.2) is 9.69 Å². The van der Waals surface area contributed by atoms with Gasteiger partial charge in [0.1, 0.15) is 6.04 Å². The lowest BCUT2D eigenvalue weighted by atomic mass is 10.1. The Morgan fingerprint density at radius 1 is 1.06 bits per heavy atom. The standard InChI is InChI=1S/C24H22F3N3O5/c1-34-18-7-6-13(8-19(18)35-2)9-20(31)28-12-16-11-17(28)21-22(32)30(23(33)29(16)21)15-5-3-4-14(10-15)24(25,26)27/h3-8,10,16-17,21H,9,11-12H2,1-2H3/t16?,17-,21-/m1/s1. The number of likely N-dealkylation sites (tertiary alicyclic amines) is 1. The van der Waals surface area contributed by atoms with Gasteiger partial charge in [-0.2, -0.15) is 13.2 Å². The van der Waals surface area contributed by atoms with Crippen LogP contribution < -0.4 is 14.4 Å². The summed E-state index contributed by atoms with van der Waals surface area (Å²) < 4.78 is 50.0. The molecule has 3 atom stereocenters. The number of halogens is 3. The third-order valence-electron chi connectivity index (χ3n) is 6.82. The molecule has 0 aromatic heterocycles. The Morgan fingerprint density at radius 3 is 2.49 bits per heavy atom. The summed E-state index contributed by atoms with van der Waals surface area (Å²) in [7, 11) is 3.01. The lowest BCUT2D eigenvalue weighted by Crippen LogP contribution is -2.55. The van der Waals surface area contributed by atoms with Gasteiger partial charge in [0, 0.05) is 6.54 Å². The van der Waals surface area contributed by atoms with Crippen LogP contribution in [0.5, 0.6) is 11.5 Å². The molecule has 4 amide bonds. The first-order valence-electron chi connectivity index (χ1n) is 11.0. The number of carbonyl (C=O) groups is 3. The van der Waals surface area contributed by atoms with Gasteiger partial charge in [-0.3, -0.25) is 9.59 Å². The molecule has 0 radical (unpaired) electrons. The quantitative estimate of drug-likeness (QED) is 0.604. The summed E-state index contributed by atoms with van der Waals surface area (Å²) in [5.41, 5.74) is -0.379. The average Bonchev–Trinajstić information content (AvgIpc) is 3.49. The predicted molar refractivity (Wildman–Crippen MR) is 117 cm³/mol. The third-order valence-corrected chi connectivity index (χ3v) is 6.82. The Hall–Kier alpha value is -3.76. The predicted octanol–water partition coefficient (Wildman–Crippen LogP) is 3.09. The molecule has 3 aliphatic rings. The number of anilines is 1. The molecule has 5 rings (SSSR count). The molecule has 0 spiro atoms. The largest absolute Gasteiger partial charge is 0.493 e. The van der Waals surface area contributed by atoms with E-state index in [1.807, 2.05) is 0 Å². The molecule has 8 nitrogen and oxygen atoms in total. The fourth-order valence-corrected chi connectivity index (χ4v) is 5.27. The van der Waals surface area contributed by atoms with E-state index < -0.39 is 35.8 Å². The van der Waals surface area contributed by atoms with E-state index in [9.17, 15) is 27.6 Å². The zero-order valence-corrected chi connectivity index (χ0v) is 18.9. The van der Waals surface area contributed by atoms with Crippen molar-refractivity contribution in [2.45, 2.75) is 37.1 Å². The topological polar surface area (TPSA) is 79.4 Å². The fourth-order valence-electron chi connectivity index (χ4n) is 5.27. The van der Waals surface area contributed by atoms with Crippen LogP contribution in [0.25, 0.3) is 0 Å². The molecule has 3 heterocycles. The number of fused-ring (bicyclic) bond motifs is 5. The molecule has 3 aliphatic heterocycles. The highest BCUT2D eigenvalue weighted by Gasteiger charge is 2.62. The number of hydrogen-bond acceptors (Lipinski definition) is 5. The molecule has 0 saturated carbocycles. The monoisotopic (exact) mass is 489 g/mol. The first-order valence-corrected chi connectivity index (χ1v) is 11.0. The molecule has 3 fully saturated rings. The van der Waals surface area contributed by atoms with E-state index in [1.54, 1.807) is 23.1 Å². The molecule has 184 valence electrons. The number of nitrogens with zero attached hydrogens (tertiary/aromatic N) is 3. The summed E-state index contributed by atoms with van der Waals surface area (Å²) in [5.74, 6) is 0.192. The molecule has 2 aromatic rings. The van der Waals surface area contributed by atoms with Gasteiger partial charge in [-0.1, -0.05) is 12.1 Å². The Labute approximate surface area is 198 Å². The maximum atomic E-state index is 13.2. The SMILES string of the molecule is COc1ccc(CC(=O)N2CC3C[C@@H]2[C@@H]2C(=O)N(c4cccc(C(F)(F)F)c4)C(=O)N32)cc1OC. The minimum Gasteiger partial charge on any atom is -0.493 e. The molecular formula is C24H22F3N3O5. The van der Waals surface area contributed by atoms with Crippen LogP contribution in [0, 0.1) is 0 Å². The number of methoxy groups -OCH3 is 2. The van der Waals surface area contributed by atoms with E-state index in [2.05, 4.69) is 0 Å². The van der Waals surface area contributed by atoms with Gasteiger partial charge in [0.15, 0.2) is 11.5 Å². The Kier molecular flexibility index (Phi) is 5.37. The zero-order chi connectivity index (χ0) is 25.1. The van der Waals surface area contributed by atoms with Crippen molar-refractivity contribution in [3.8, 4) is 11.5 Å². The molecule has 2 bridgehead atoms. The number of urea groups is 1. The van der Waals surface area contributed by atoms with Gasteiger partial charge in [0.25, 0.3) is 5.91 Å². The number of imide groups is 1. The number of hydrogen-bond donors (Lipinski definition) is 0. The van der Waals surface area contributed by atoms with Gasteiger partial charge >= 0.3 is 12.2 Å². The molecule has 3 saturated heterocycles. The van der Waals surface area contributed by atoms with Crippen LogP contribution in [0.2, 0.25) is 0 Å². The van der Waals surface area contributed by atoms with Gasteiger partial charge in [0.2, 0.25) is 5.91 Å². The van der Waals surface area contributed by atoms with E-state index in [4.69, 9.17) is 9.47 Å². The lowest BCUT2D eigenvalue weighted by molar-refractivity contribution is -0.138. The van der Waals surface area contributed by atoms with Crippen LogP contribution in [0.4, 0.5) is 23.7 Å². The van der Waals surface area contributed by atoms with Crippen molar-refractivity contribution >= 4 is 23.5 Å². The number of ether oxygens (including phenoxy) is 2. The minimum absolute atomic E-state index is 0.0653. The molecule has 1 unspecified atom stereocenters. The number of alkyl halides is 3. The molecule has 35 heavy (non-hydrogen) atoms. The Morgan fingerprint density at radius 2 is 1.80 bits per heavy atom. The first kappa shape index (κ1) is 23.0. The Balaban J connectivity index is 1.36. The average molecular weight is 489 g/mol. The first-order chi connectivity index (χ1) is 16.6. The smallest absolute Gasteiger partial charge is 0.416 e. The van der Waals surface area contributed by atoms with Crippen LogP contribution in [0.1, 0.15) is 17.5 Å². The van der Waals surface area contributed by atoms with Crippen LogP contribution in [-0.4, -0.2) is 66.5 Å². The van der Waals surface area contributed by atoms with Crippen molar-refractivity contribution in [1.29, 1.82) is 0 Å². The van der Waals surface area contributed by atoms with Gasteiger partial charge in [-0.05, 0) is 42.3 Å². The molecule has 11 heteroatoms. The number of carbonyl (C=O) groups excluding carboxylic acids is 3. The van der Waals surface area contributed by atoms with Gasteiger partial charge < -0.3 is 19.3 Å². The zero-order valence-electron chi connectivity index (χ0n) is 18.9. The second kappa shape index (κ2) is 8.17. The van der Waals surface area contributed by atoms with Crippen molar-refractivity contribution in [3.05, 3.63) is 53.6 Å². The van der Waals surface area contributed by atoms with Crippen LogP contribution in [0.15, 0.2) is 42.5 Å². The number of amides is 4. The third kappa shape index (κ3) is 3.65. The fraction of sp³-hybridized carbons (Fsp3) is 0.375. The van der Waals surface area contributed by atoms with Crippen molar-refractivity contribution < 1.29 is 37.0 Å². The highest BCUT2D eigenvalue weighted by molar-refractivity contribution is 6.22. The summed E-state index contributed by atoms with van der Waals surface area (Å²) in [6, 6.07) is 6.83.